The third kappa shape index (κ3) is 3.26. The lowest BCUT2D eigenvalue weighted by molar-refractivity contribution is -0.117. The average Bonchev–Trinajstić information content (AvgIpc) is 2.42. The molecule has 0 aliphatic carbocycles. The largest absolute Gasteiger partial charge is 0.320 e. The Kier molecular flexibility index (Phi) is 4.56. The number of amides is 1. The van der Waals surface area contributed by atoms with Gasteiger partial charge in [0, 0.05) is 32.2 Å². The van der Waals surface area contributed by atoms with E-state index in [1.807, 2.05) is 5.32 Å². The SMILES string of the molecule is O=C(CN1CCNCC1)Nc1c(F)c(F)cc(F)c1F. The number of nitrogens with zero attached hydrogens (tertiary/aromatic N) is 1. The van der Waals surface area contributed by atoms with Gasteiger partial charge in [-0.2, -0.15) is 0 Å². The zero-order valence-electron chi connectivity index (χ0n) is 10.5. The summed E-state index contributed by atoms with van der Waals surface area (Å²) in [5, 5.41) is 4.95. The van der Waals surface area contributed by atoms with E-state index < -0.39 is 34.9 Å². The molecule has 1 aliphatic heterocycles. The van der Waals surface area contributed by atoms with Gasteiger partial charge in [-0.05, 0) is 0 Å². The number of anilines is 1. The van der Waals surface area contributed by atoms with E-state index in [9.17, 15) is 22.4 Å². The third-order valence-corrected chi connectivity index (χ3v) is 2.95. The second-order valence-electron chi connectivity index (χ2n) is 4.42. The summed E-state index contributed by atoms with van der Waals surface area (Å²) in [6, 6.07) is 0.0939. The summed E-state index contributed by atoms with van der Waals surface area (Å²) in [4.78, 5) is 13.4. The standard InChI is InChI=1S/C12H13F4N3O/c13-7-5-8(14)11(16)12(10(7)15)18-9(20)6-19-3-1-17-2-4-19/h5,17H,1-4,6H2,(H,18,20). The van der Waals surface area contributed by atoms with Crippen LogP contribution in [0.15, 0.2) is 6.07 Å². The van der Waals surface area contributed by atoms with Gasteiger partial charge in [0.2, 0.25) is 5.91 Å². The maximum absolute atomic E-state index is 13.4. The van der Waals surface area contributed by atoms with E-state index in [4.69, 9.17) is 0 Å². The molecule has 0 bridgehead atoms. The Bertz CT molecular complexity index is 492. The van der Waals surface area contributed by atoms with Crippen LogP contribution in [0.25, 0.3) is 0 Å². The molecule has 8 heteroatoms. The Morgan fingerprint density at radius 2 is 1.70 bits per heavy atom. The van der Waals surface area contributed by atoms with Crippen LogP contribution in [0, 0.1) is 23.3 Å². The minimum absolute atomic E-state index is 0.0939. The fourth-order valence-corrected chi connectivity index (χ4v) is 1.93. The first kappa shape index (κ1) is 14.7. The Labute approximate surface area is 112 Å². The Hall–Kier alpha value is -1.67. The van der Waals surface area contributed by atoms with Crippen molar-refractivity contribution in [1.29, 1.82) is 0 Å². The molecular formula is C12H13F4N3O. The van der Waals surface area contributed by atoms with E-state index in [1.54, 1.807) is 4.90 Å². The van der Waals surface area contributed by atoms with Gasteiger partial charge in [-0.15, -0.1) is 0 Å². The first-order valence-corrected chi connectivity index (χ1v) is 6.05. The maximum Gasteiger partial charge on any atom is 0.238 e. The molecule has 1 heterocycles. The quantitative estimate of drug-likeness (QED) is 0.647. The number of rotatable bonds is 3. The minimum atomic E-state index is -1.61. The fraction of sp³-hybridized carbons (Fsp3) is 0.417. The summed E-state index contributed by atoms with van der Waals surface area (Å²) in [5.74, 6) is -7.06. The Balaban J connectivity index is 2.07. The predicted molar refractivity (Wildman–Crippen MR) is 64.2 cm³/mol. The zero-order chi connectivity index (χ0) is 14.7. The number of nitrogens with one attached hydrogen (secondary N) is 2. The minimum Gasteiger partial charge on any atom is -0.320 e. The van der Waals surface area contributed by atoms with Crippen LogP contribution in [0.4, 0.5) is 23.2 Å². The molecule has 0 radical (unpaired) electrons. The molecule has 0 spiro atoms. The van der Waals surface area contributed by atoms with Crippen LogP contribution in [0.3, 0.4) is 0 Å². The van der Waals surface area contributed by atoms with Crippen LogP contribution in [0.1, 0.15) is 0 Å². The van der Waals surface area contributed by atoms with Crippen LogP contribution >= 0.6 is 0 Å². The Morgan fingerprint density at radius 3 is 2.25 bits per heavy atom. The molecular weight excluding hydrogens is 278 g/mol. The summed E-state index contributed by atoms with van der Waals surface area (Å²) in [7, 11) is 0. The summed E-state index contributed by atoms with van der Waals surface area (Å²) < 4.78 is 52.7. The van der Waals surface area contributed by atoms with Crippen LogP contribution in [-0.4, -0.2) is 43.5 Å². The number of hydrogen-bond acceptors (Lipinski definition) is 3. The van der Waals surface area contributed by atoms with Gasteiger partial charge in [0.25, 0.3) is 0 Å². The highest BCUT2D eigenvalue weighted by atomic mass is 19.2. The first-order chi connectivity index (χ1) is 9.49. The third-order valence-electron chi connectivity index (χ3n) is 2.95. The second-order valence-corrected chi connectivity index (χ2v) is 4.42. The zero-order valence-corrected chi connectivity index (χ0v) is 10.5. The highest BCUT2D eigenvalue weighted by Gasteiger charge is 2.22. The van der Waals surface area contributed by atoms with Crippen molar-refractivity contribution in [3.8, 4) is 0 Å². The second kappa shape index (κ2) is 6.19. The van der Waals surface area contributed by atoms with Crippen LogP contribution < -0.4 is 10.6 Å². The van der Waals surface area contributed by atoms with Gasteiger partial charge in [-0.3, -0.25) is 9.69 Å². The van der Waals surface area contributed by atoms with E-state index in [0.717, 1.165) is 0 Å². The van der Waals surface area contributed by atoms with E-state index >= 15 is 0 Å². The van der Waals surface area contributed by atoms with Crippen LogP contribution in [0.2, 0.25) is 0 Å². The highest BCUT2D eigenvalue weighted by Crippen LogP contribution is 2.24. The van der Waals surface area contributed by atoms with E-state index in [0.29, 0.717) is 26.2 Å². The molecule has 2 rings (SSSR count). The van der Waals surface area contributed by atoms with Crippen molar-refractivity contribution in [2.75, 3.05) is 38.0 Å². The lowest BCUT2D eigenvalue weighted by Crippen LogP contribution is -2.46. The smallest absolute Gasteiger partial charge is 0.238 e. The number of piperazine rings is 1. The van der Waals surface area contributed by atoms with Gasteiger partial charge in [0.1, 0.15) is 5.69 Å². The van der Waals surface area contributed by atoms with Gasteiger partial charge in [0.15, 0.2) is 23.3 Å². The molecule has 1 fully saturated rings. The molecule has 1 aromatic rings. The summed E-state index contributed by atoms with van der Waals surface area (Å²) >= 11 is 0. The number of carbonyl (C=O) groups excluding carboxylic acids is 1. The van der Waals surface area contributed by atoms with Gasteiger partial charge >= 0.3 is 0 Å². The van der Waals surface area contributed by atoms with Crippen LogP contribution in [0.5, 0.6) is 0 Å². The molecule has 1 aliphatic rings. The molecule has 2 N–H and O–H groups in total. The molecule has 0 atom stereocenters. The van der Waals surface area contributed by atoms with E-state index in [2.05, 4.69) is 5.32 Å². The van der Waals surface area contributed by atoms with Crippen LogP contribution in [-0.2, 0) is 4.79 Å². The molecule has 1 aromatic carbocycles. The number of hydrogen-bond donors (Lipinski definition) is 2. The van der Waals surface area contributed by atoms with Crippen molar-refractivity contribution in [3.63, 3.8) is 0 Å². The summed E-state index contributed by atoms with van der Waals surface area (Å²) in [5.41, 5.74) is -1.09. The molecule has 20 heavy (non-hydrogen) atoms. The molecule has 110 valence electrons. The summed E-state index contributed by atoms with van der Waals surface area (Å²) in [6.45, 7) is 2.51. The fourth-order valence-electron chi connectivity index (χ4n) is 1.93. The van der Waals surface area contributed by atoms with Crippen molar-refractivity contribution in [2.45, 2.75) is 0 Å². The molecule has 0 saturated carbocycles. The normalized spacial score (nSPS) is 16.2. The van der Waals surface area contributed by atoms with Crippen molar-refractivity contribution >= 4 is 11.6 Å². The van der Waals surface area contributed by atoms with E-state index in [1.165, 1.54) is 0 Å². The predicted octanol–water partition coefficient (Wildman–Crippen LogP) is 1.09. The Morgan fingerprint density at radius 1 is 1.15 bits per heavy atom. The molecule has 1 amide bonds. The van der Waals surface area contributed by atoms with Gasteiger partial charge in [0.05, 0.1) is 6.54 Å². The molecule has 0 aromatic heterocycles. The molecule has 1 saturated heterocycles. The number of halogens is 4. The van der Waals surface area contributed by atoms with Crippen molar-refractivity contribution in [2.24, 2.45) is 0 Å². The average molecular weight is 291 g/mol. The monoisotopic (exact) mass is 291 g/mol. The highest BCUT2D eigenvalue weighted by molar-refractivity contribution is 5.92. The van der Waals surface area contributed by atoms with Crippen molar-refractivity contribution < 1.29 is 22.4 Å². The topological polar surface area (TPSA) is 44.4 Å². The molecule has 0 unspecified atom stereocenters. The summed E-state index contributed by atoms with van der Waals surface area (Å²) in [6.07, 6.45) is 0. The van der Waals surface area contributed by atoms with Gasteiger partial charge < -0.3 is 10.6 Å². The van der Waals surface area contributed by atoms with E-state index in [-0.39, 0.29) is 12.6 Å². The lowest BCUT2D eigenvalue weighted by Gasteiger charge is -2.26. The number of benzene rings is 1. The van der Waals surface area contributed by atoms with Crippen molar-refractivity contribution in [1.82, 2.24) is 10.2 Å². The molecule has 4 nitrogen and oxygen atoms in total. The maximum atomic E-state index is 13.4. The van der Waals surface area contributed by atoms with Gasteiger partial charge in [-0.1, -0.05) is 0 Å². The lowest BCUT2D eigenvalue weighted by atomic mass is 10.2. The van der Waals surface area contributed by atoms with Gasteiger partial charge in [-0.25, -0.2) is 17.6 Å². The van der Waals surface area contributed by atoms with Crippen molar-refractivity contribution in [3.05, 3.63) is 29.3 Å². The first-order valence-electron chi connectivity index (χ1n) is 6.05. The number of carbonyl (C=O) groups is 1.